The summed E-state index contributed by atoms with van der Waals surface area (Å²) in [5.41, 5.74) is -0.731. The van der Waals surface area contributed by atoms with Gasteiger partial charge >= 0.3 is 12.1 Å². The van der Waals surface area contributed by atoms with Crippen LogP contribution in [0.15, 0.2) is 12.7 Å². The zero-order valence-corrected chi connectivity index (χ0v) is 18.2. The largest absolute Gasteiger partial charge is 0.480 e. The van der Waals surface area contributed by atoms with Gasteiger partial charge in [-0.05, 0) is 51.9 Å². The van der Waals surface area contributed by atoms with Gasteiger partial charge in [-0.3, -0.25) is 4.79 Å². The average Bonchev–Trinajstić information content (AvgIpc) is 2.97. The third kappa shape index (κ3) is 8.04. The van der Waals surface area contributed by atoms with Crippen molar-refractivity contribution in [1.29, 1.82) is 0 Å². The molecule has 3 N–H and O–H groups in total. The van der Waals surface area contributed by atoms with E-state index in [4.69, 9.17) is 4.74 Å². The fourth-order valence-electron chi connectivity index (χ4n) is 3.64. The van der Waals surface area contributed by atoms with Crippen molar-refractivity contribution in [1.82, 2.24) is 10.2 Å². The maximum Gasteiger partial charge on any atom is 0.408 e. The second-order valence-electron chi connectivity index (χ2n) is 9.04. The zero-order chi connectivity index (χ0) is 22.4. The number of nitrogens with one attached hydrogen (secondary N) is 1. The topological polar surface area (TPSA) is 116 Å². The maximum absolute atomic E-state index is 13.2. The molecule has 8 nitrogen and oxygen atoms in total. The third-order valence-corrected chi connectivity index (χ3v) is 4.99. The lowest BCUT2D eigenvalue weighted by molar-refractivity contribution is -0.149. The van der Waals surface area contributed by atoms with E-state index in [-0.39, 0.29) is 24.8 Å². The number of hydrogen-bond acceptors (Lipinski definition) is 5. The SMILES string of the molecule is C=CCCC(C)C[C@@H](C)[C@H](NC(=O)OC(C)(C)C)C(=O)N1CC(O)CC1C(=O)O. The molecule has 1 fully saturated rings. The van der Waals surface area contributed by atoms with Crippen LogP contribution in [0.3, 0.4) is 0 Å². The summed E-state index contributed by atoms with van der Waals surface area (Å²) in [6.07, 6.45) is 2.61. The lowest BCUT2D eigenvalue weighted by Crippen LogP contribution is -2.55. The van der Waals surface area contributed by atoms with Gasteiger partial charge in [0.05, 0.1) is 6.10 Å². The number of alkyl carbamates (subject to hydrolysis) is 1. The summed E-state index contributed by atoms with van der Waals surface area (Å²) in [4.78, 5) is 38.2. The van der Waals surface area contributed by atoms with Gasteiger partial charge in [-0.25, -0.2) is 9.59 Å². The van der Waals surface area contributed by atoms with Gasteiger partial charge in [0.25, 0.3) is 0 Å². The fourth-order valence-corrected chi connectivity index (χ4v) is 3.64. The highest BCUT2D eigenvalue weighted by molar-refractivity contribution is 5.90. The molecule has 0 spiro atoms. The lowest BCUT2D eigenvalue weighted by Gasteiger charge is -2.32. The Morgan fingerprint density at radius 2 is 1.93 bits per heavy atom. The molecule has 0 aliphatic carbocycles. The van der Waals surface area contributed by atoms with Crippen molar-refractivity contribution in [3.63, 3.8) is 0 Å². The summed E-state index contributed by atoms with van der Waals surface area (Å²) in [5.74, 6) is -1.64. The molecule has 0 radical (unpaired) electrons. The molecule has 1 aliphatic heterocycles. The monoisotopic (exact) mass is 412 g/mol. The number of carbonyl (C=O) groups is 3. The number of carboxylic acids is 1. The molecule has 166 valence electrons. The summed E-state index contributed by atoms with van der Waals surface area (Å²) < 4.78 is 5.30. The summed E-state index contributed by atoms with van der Waals surface area (Å²) >= 11 is 0. The predicted octanol–water partition coefficient (Wildman–Crippen LogP) is 2.55. The van der Waals surface area contributed by atoms with E-state index in [1.54, 1.807) is 20.8 Å². The maximum atomic E-state index is 13.2. The number of hydrogen-bond donors (Lipinski definition) is 3. The number of β-amino-alcohol motifs (C(OH)–C–C–N with tert-alkyl or cyclic N) is 1. The first kappa shape index (κ1) is 24.9. The Bertz CT molecular complexity index is 600. The zero-order valence-electron chi connectivity index (χ0n) is 18.2. The van der Waals surface area contributed by atoms with Crippen LogP contribution in [0.4, 0.5) is 4.79 Å². The van der Waals surface area contributed by atoms with Gasteiger partial charge in [0.1, 0.15) is 17.7 Å². The van der Waals surface area contributed by atoms with Crippen LogP contribution in [0, 0.1) is 11.8 Å². The van der Waals surface area contributed by atoms with Crippen molar-refractivity contribution in [3.8, 4) is 0 Å². The molecular formula is C21H36N2O6. The van der Waals surface area contributed by atoms with Gasteiger partial charge in [-0.2, -0.15) is 0 Å². The molecule has 2 amide bonds. The smallest absolute Gasteiger partial charge is 0.408 e. The Labute approximate surface area is 173 Å². The summed E-state index contributed by atoms with van der Waals surface area (Å²) in [6.45, 7) is 12.7. The van der Waals surface area contributed by atoms with Gasteiger partial charge in [-0.15, -0.1) is 6.58 Å². The highest BCUT2D eigenvalue weighted by Gasteiger charge is 2.43. The van der Waals surface area contributed by atoms with Crippen molar-refractivity contribution in [3.05, 3.63) is 12.7 Å². The number of ether oxygens (including phenoxy) is 1. The molecule has 0 aromatic rings. The van der Waals surface area contributed by atoms with Crippen LogP contribution < -0.4 is 5.32 Å². The van der Waals surface area contributed by atoms with Crippen molar-refractivity contribution >= 4 is 18.0 Å². The first-order valence-electron chi connectivity index (χ1n) is 10.2. The number of aliphatic hydroxyl groups excluding tert-OH is 1. The molecule has 3 unspecified atom stereocenters. The first-order chi connectivity index (χ1) is 13.4. The van der Waals surface area contributed by atoms with Crippen LogP contribution >= 0.6 is 0 Å². The summed E-state index contributed by atoms with van der Waals surface area (Å²) in [5, 5.41) is 21.9. The van der Waals surface area contributed by atoms with Crippen LogP contribution in [-0.2, 0) is 14.3 Å². The van der Waals surface area contributed by atoms with E-state index in [0.29, 0.717) is 6.42 Å². The van der Waals surface area contributed by atoms with E-state index in [1.807, 2.05) is 13.0 Å². The standard InChI is InChI=1S/C21H36N2O6/c1-7-8-9-13(2)10-14(3)17(22-20(28)29-21(4,5)6)18(25)23-12-15(24)11-16(23)19(26)27/h7,13-17,24H,1,8-12H2,2-6H3,(H,22,28)(H,26,27)/t13?,14-,15?,16?,17+/m1/s1. The van der Waals surface area contributed by atoms with Crippen LogP contribution in [0.1, 0.15) is 60.3 Å². The van der Waals surface area contributed by atoms with Crippen LogP contribution in [0.25, 0.3) is 0 Å². The number of likely N-dealkylation sites (tertiary alicyclic amines) is 1. The van der Waals surface area contributed by atoms with Gasteiger partial charge in [-0.1, -0.05) is 19.9 Å². The second kappa shape index (κ2) is 10.6. The highest BCUT2D eigenvalue weighted by Crippen LogP contribution is 2.25. The molecule has 1 rings (SSSR count). The van der Waals surface area contributed by atoms with E-state index in [2.05, 4.69) is 18.8 Å². The lowest BCUT2D eigenvalue weighted by atomic mass is 9.88. The summed E-state index contributed by atoms with van der Waals surface area (Å²) in [7, 11) is 0. The van der Waals surface area contributed by atoms with Crippen LogP contribution in [0.2, 0.25) is 0 Å². The van der Waals surface area contributed by atoms with E-state index in [9.17, 15) is 24.6 Å². The average molecular weight is 413 g/mol. The van der Waals surface area contributed by atoms with E-state index < -0.39 is 41.8 Å². The molecule has 0 aromatic carbocycles. The number of nitrogens with zero attached hydrogens (tertiary/aromatic N) is 1. The Morgan fingerprint density at radius 3 is 2.45 bits per heavy atom. The Hall–Kier alpha value is -2.09. The number of aliphatic hydroxyl groups is 1. The Balaban J connectivity index is 3.01. The highest BCUT2D eigenvalue weighted by atomic mass is 16.6. The van der Waals surface area contributed by atoms with Crippen molar-refractivity contribution in [2.75, 3.05) is 6.54 Å². The van der Waals surface area contributed by atoms with Gasteiger partial charge in [0.2, 0.25) is 5.91 Å². The number of rotatable bonds is 9. The fraction of sp³-hybridized carbons (Fsp3) is 0.762. The molecule has 1 aliphatic rings. The van der Waals surface area contributed by atoms with Gasteiger partial charge in [0.15, 0.2) is 0 Å². The number of aliphatic carboxylic acids is 1. The quantitative estimate of drug-likeness (QED) is 0.501. The predicted molar refractivity (Wildman–Crippen MR) is 109 cm³/mol. The minimum absolute atomic E-state index is 0.0235. The molecule has 8 heteroatoms. The van der Waals surface area contributed by atoms with Crippen molar-refractivity contribution in [2.45, 2.75) is 84.1 Å². The third-order valence-electron chi connectivity index (χ3n) is 4.99. The molecule has 0 aromatic heterocycles. The van der Waals surface area contributed by atoms with Gasteiger partial charge in [0, 0.05) is 13.0 Å². The molecule has 29 heavy (non-hydrogen) atoms. The van der Waals surface area contributed by atoms with Crippen LogP contribution in [0.5, 0.6) is 0 Å². The van der Waals surface area contributed by atoms with Crippen molar-refractivity contribution < 1.29 is 29.3 Å². The van der Waals surface area contributed by atoms with Crippen LogP contribution in [-0.4, -0.2) is 63.4 Å². The minimum atomic E-state index is -1.17. The van der Waals surface area contributed by atoms with E-state index in [0.717, 1.165) is 17.7 Å². The molecule has 1 heterocycles. The molecular weight excluding hydrogens is 376 g/mol. The number of carbonyl (C=O) groups excluding carboxylic acids is 2. The number of carboxylic acid groups (broad SMARTS) is 1. The minimum Gasteiger partial charge on any atom is -0.480 e. The number of amides is 2. The Morgan fingerprint density at radius 1 is 1.31 bits per heavy atom. The Kier molecular flexibility index (Phi) is 9.14. The molecule has 0 saturated carbocycles. The molecule has 5 atom stereocenters. The second-order valence-corrected chi connectivity index (χ2v) is 9.04. The van der Waals surface area contributed by atoms with E-state index in [1.165, 1.54) is 0 Å². The van der Waals surface area contributed by atoms with E-state index >= 15 is 0 Å². The number of allylic oxidation sites excluding steroid dienone is 1. The normalized spacial score (nSPS) is 22.5. The summed E-state index contributed by atoms with van der Waals surface area (Å²) in [6, 6.07) is -2.05. The molecule has 0 bridgehead atoms. The van der Waals surface area contributed by atoms with Gasteiger partial charge < -0.3 is 25.2 Å². The first-order valence-corrected chi connectivity index (χ1v) is 10.2. The van der Waals surface area contributed by atoms with Crippen molar-refractivity contribution in [2.24, 2.45) is 11.8 Å². The molecule has 1 saturated heterocycles.